The molecule has 0 bridgehead atoms. The summed E-state index contributed by atoms with van der Waals surface area (Å²) in [6.07, 6.45) is 5.19. The Balaban J connectivity index is 1.81. The molecule has 0 spiro atoms. The van der Waals surface area contributed by atoms with Gasteiger partial charge >= 0.3 is 0 Å². The van der Waals surface area contributed by atoms with Gasteiger partial charge in [-0.3, -0.25) is 9.59 Å². The summed E-state index contributed by atoms with van der Waals surface area (Å²) >= 11 is 5.98. The van der Waals surface area contributed by atoms with E-state index in [0.717, 1.165) is 42.4 Å². The number of benzene rings is 2. The molecule has 2 aromatic rings. The van der Waals surface area contributed by atoms with Crippen molar-refractivity contribution in [2.24, 2.45) is 0 Å². The standard InChI is InChI=1S/C25H31ClN2O2/c1-3-23(25(30)27-22-9-4-5-10-22)28(17-20-8-6-7-18(2)15-20)24(29)16-19-11-13-21(26)14-12-19/h6-8,11-15,22-23H,3-5,9-10,16-17H2,1-2H3,(H,27,30)/t23-/m0/s1. The molecule has 1 saturated carbocycles. The van der Waals surface area contributed by atoms with E-state index in [1.807, 2.05) is 44.2 Å². The molecule has 0 aromatic heterocycles. The summed E-state index contributed by atoms with van der Waals surface area (Å²) in [6, 6.07) is 15.2. The normalized spacial score (nSPS) is 15.0. The lowest BCUT2D eigenvalue weighted by Gasteiger charge is -2.31. The number of aryl methyl sites for hydroxylation is 1. The highest BCUT2D eigenvalue weighted by atomic mass is 35.5. The predicted octanol–water partition coefficient (Wildman–Crippen LogP) is 5.06. The summed E-state index contributed by atoms with van der Waals surface area (Å²) in [6.45, 7) is 4.43. The van der Waals surface area contributed by atoms with E-state index >= 15 is 0 Å². The van der Waals surface area contributed by atoms with Crippen molar-refractivity contribution in [1.29, 1.82) is 0 Å². The number of halogens is 1. The summed E-state index contributed by atoms with van der Waals surface area (Å²) in [5, 5.41) is 3.83. The second-order valence-corrected chi connectivity index (χ2v) is 8.66. The van der Waals surface area contributed by atoms with Crippen LogP contribution in [0.25, 0.3) is 0 Å². The van der Waals surface area contributed by atoms with Gasteiger partial charge in [0.2, 0.25) is 11.8 Å². The van der Waals surface area contributed by atoms with Gasteiger partial charge in [0.25, 0.3) is 0 Å². The van der Waals surface area contributed by atoms with Gasteiger partial charge in [-0.1, -0.05) is 73.3 Å². The third-order valence-corrected chi connectivity index (χ3v) is 6.04. The molecule has 2 amide bonds. The Morgan fingerprint density at radius 2 is 1.80 bits per heavy atom. The molecule has 0 radical (unpaired) electrons. The van der Waals surface area contributed by atoms with E-state index in [4.69, 9.17) is 11.6 Å². The Hall–Kier alpha value is -2.33. The van der Waals surface area contributed by atoms with Gasteiger partial charge in [0.15, 0.2) is 0 Å². The fraction of sp³-hybridized carbons (Fsp3) is 0.440. The second kappa shape index (κ2) is 10.6. The smallest absolute Gasteiger partial charge is 0.243 e. The van der Waals surface area contributed by atoms with Crippen LogP contribution in [0.1, 0.15) is 55.7 Å². The highest BCUT2D eigenvalue weighted by molar-refractivity contribution is 6.30. The summed E-state index contributed by atoms with van der Waals surface area (Å²) in [7, 11) is 0. The van der Waals surface area contributed by atoms with E-state index in [2.05, 4.69) is 11.4 Å². The molecule has 0 saturated heterocycles. The summed E-state index contributed by atoms with van der Waals surface area (Å²) < 4.78 is 0. The van der Waals surface area contributed by atoms with E-state index in [9.17, 15) is 9.59 Å². The van der Waals surface area contributed by atoms with Crippen LogP contribution in [0.2, 0.25) is 5.02 Å². The minimum atomic E-state index is -0.481. The first-order valence-electron chi connectivity index (χ1n) is 10.9. The Bertz CT molecular complexity index is 860. The highest BCUT2D eigenvalue weighted by Gasteiger charge is 2.30. The monoisotopic (exact) mass is 426 g/mol. The van der Waals surface area contributed by atoms with Gasteiger partial charge < -0.3 is 10.2 Å². The minimum absolute atomic E-state index is 0.0403. The molecule has 1 N–H and O–H groups in total. The van der Waals surface area contributed by atoms with E-state index < -0.39 is 6.04 Å². The van der Waals surface area contributed by atoms with Crippen LogP contribution in [0.5, 0.6) is 0 Å². The lowest BCUT2D eigenvalue weighted by atomic mass is 10.1. The first kappa shape index (κ1) is 22.4. The van der Waals surface area contributed by atoms with Gasteiger partial charge in [0.1, 0.15) is 6.04 Å². The van der Waals surface area contributed by atoms with Gasteiger partial charge in [0.05, 0.1) is 6.42 Å². The van der Waals surface area contributed by atoms with E-state index in [-0.39, 0.29) is 24.3 Å². The molecule has 30 heavy (non-hydrogen) atoms. The number of carbonyl (C=O) groups is 2. The molecule has 1 fully saturated rings. The Kier molecular flexibility index (Phi) is 7.92. The number of hydrogen-bond acceptors (Lipinski definition) is 2. The SMILES string of the molecule is CC[C@@H](C(=O)NC1CCCC1)N(Cc1cccc(C)c1)C(=O)Cc1ccc(Cl)cc1. The van der Waals surface area contributed by atoms with Crippen molar-refractivity contribution in [3.8, 4) is 0 Å². The van der Waals surface area contributed by atoms with Crippen LogP contribution in [-0.4, -0.2) is 28.8 Å². The van der Waals surface area contributed by atoms with Crippen LogP contribution in [0, 0.1) is 6.92 Å². The van der Waals surface area contributed by atoms with Gasteiger partial charge in [0, 0.05) is 17.6 Å². The topological polar surface area (TPSA) is 49.4 Å². The van der Waals surface area contributed by atoms with Crippen molar-refractivity contribution >= 4 is 23.4 Å². The van der Waals surface area contributed by atoms with Gasteiger partial charge in [-0.05, 0) is 49.4 Å². The van der Waals surface area contributed by atoms with Gasteiger partial charge in [-0.15, -0.1) is 0 Å². The lowest BCUT2D eigenvalue weighted by molar-refractivity contribution is -0.141. The van der Waals surface area contributed by atoms with Crippen LogP contribution in [0.15, 0.2) is 48.5 Å². The number of carbonyl (C=O) groups excluding carboxylic acids is 2. The average Bonchev–Trinajstić information content (AvgIpc) is 3.22. The van der Waals surface area contributed by atoms with E-state index in [1.54, 1.807) is 17.0 Å². The zero-order chi connectivity index (χ0) is 21.5. The van der Waals surface area contributed by atoms with Crippen LogP contribution in [0.3, 0.4) is 0 Å². The highest BCUT2D eigenvalue weighted by Crippen LogP contribution is 2.20. The maximum atomic E-state index is 13.3. The van der Waals surface area contributed by atoms with Gasteiger partial charge in [-0.2, -0.15) is 0 Å². The molecule has 3 rings (SSSR count). The molecule has 5 heteroatoms. The average molecular weight is 427 g/mol. The van der Waals surface area contributed by atoms with Crippen LogP contribution in [0.4, 0.5) is 0 Å². The van der Waals surface area contributed by atoms with Crippen molar-refractivity contribution in [2.75, 3.05) is 0 Å². The first-order valence-corrected chi connectivity index (χ1v) is 11.2. The summed E-state index contributed by atoms with van der Waals surface area (Å²) in [5.74, 6) is -0.0891. The number of nitrogens with one attached hydrogen (secondary N) is 1. The number of hydrogen-bond donors (Lipinski definition) is 1. The first-order chi connectivity index (χ1) is 14.5. The lowest BCUT2D eigenvalue weighted by Crippen LogP contribution is -2.51. The van der Waals surface area contributed by atoms with Crippen LogP contribution < -0.4 is 5.32 Å². The number of amides is 2. The molecule has 160 valence electrons. The van der Waals surface area contributed by atoms with Crippen molar-refractivity contribution in [3.63, 3.8) is 0 Å². The van der Waals surface area contributed by atoms with Crippen molar-refractivity contribution < 1.29 is 9.59 Å². The zero-order valence-electron chi connectivity index (χ0n) is 17.9. The third-order valence-electron chi connectivity index (χ3n) is 5.79. The molecule has 0 aliphatic heterocycles. The summed E-state index contributed by atoms with van der Waals surface area (Å²) in [5.41, 5.74) is 3.07. The quantitative estimate of drug-likeness (QED) is 0.641. The zero-order valence-corrected chi connectivity index (χ0v) is 18.6. The van der Waals surface area contributed by atoms with Crippen LogP contribution >= 0.6 is 11.6 Å². The van der Waals surface area contributed by atoms with Crippen molar-refractivity contribution in [1.82, 2.24) is 10.2 Å². The maximum absolute atomic E-state index is 13.3. The Morgan fingerprint density at radius 1 is 1.10 bits per heavy atom. The van der Waals surface area contributed by atoms with Crippen LogP contribution in [-0.2, 0) is 22.6 Å². The van der Waals surface area contributed by atoms with Gasteiger partial charge in [-0.25, -0.2) is 0 Å². The number of rotatable bonds is 8. The minimum Gasteiger partial charge on any atom is -0.352 e. The molecule has 1 aliphatic carbocycles. The molecule has 2 aromatic carbocycles. The largest absolute Gasteiger partial charge is 0.352 e. The fourth-order valence-electron chi connectivity index (χ4n) is 4.17. The van der Waals surface area contributed by atoms with E-state index in [0.29, 0.717) is 18.0 Å². The second-order valence-electron chi connectivity index (χ2n) is 8.23. The van der Waals surface area contributed by atoms with Crippen molar-refractivity contribution in [3.05, 3.63) is 70.2 Å². The Morgan fingerprint density at radius 3 is 2.43 bits per heavy atom. The molecule has 1 atom stereocenters. The molecule has 0 unspecified atom stereocenters. The third kappa shape index (κ3) is 6.09. The van der Waals surface area contributed by atoms with E-state index in [1.165, 1.54) is 0 Å². The fourth-order valence-corrected chi connectivity index (χ4v) is 4.30. The molecular weight excluding hydrogens is 396 g/mol. The maximum Gasteiger partial charge on any atom is 0.243 e. The predicted molar refractivity (Wildman–Crippen MR) is 121 cm³/mol. The van der Waals surface area contributed by atoms with Crippen molar-refractivity contribution in [2.45, 2.75) is 71.0 Å². The number of nitrogens with zero attached hydrogens (tertiary/aromatic N) is 1. The molecule has 0 heterocycles. The molecule has 4 nitrogen and oxygen atoms in total. The Labute approximate surface area is 184 Å². The summed E-state index contributed by atoms with van der Waals surface area (Å²) in [4.78, 5) is 28.2. The molecular formula is C25H31ClN2O2. The molecule has 1 aliphatic rings.